The summed E-state index contributed by atoms with van der Waals surface area (Å²) in [5, 5.41) is 9.89. The fraction of sp³-hybridized carbons (Fsp3) is 0.250. The Balaban J connectivity index is 3.90. The predicted molar refractivity (Wildman–Crippen MR) is 45.0 cm³/mol. The second kappa shape index (κ2) is 5.41. The van der Waals surface area contributed by atoms with E-state index in [2.05, 4.69) is 6.58 Å². The fourth-order valence-electron chi connectivity index (χ4n) is 0.506. The third-order valence-electron chi connectivity index (χ3n) is 1.06. The smallest absolute Gasteiger partial charge is 0.222 e. The van der Waals surface area contributed by atoms with Gasteiger partial charge in [0.05, 0.1) is 0 Å². The zero-order valence-electron chi connectivity index (χ0n) is 6.49. The fourth-order valence-corrected chi connectivity index (χ4v) is 0.506. The Morgan fingerprint density at radius 2 is 2.36 bits per heavy atom. The first-order valence-corrected chi connectivity index (χ1v) is 3.24. The highest BCUT2D eigenvalue weighted by atomic mass is 16.6. The molecular weight excluding hydrogens is 142 g/mol. The van der Waals surface area contributed by atoms with Gasteiger partial charge in [-0.1, -0.05) is 24.8 Å². The maximum atomic E-state index is 9.89. The summed E-state index contributed by atoms with van der Waals surface area (Å²) in [5.41, 5.74) is 0.876. The largest absolute Gasteiger partial charge is 0.264 e. The molecule has 0 aliphatic rings. The molecule has 0 radical (unpaired) electrons. The molecule has 0 aliphatic carbocycles. The Bertz CT molecular complexity index is 204. The summed E-state index contributed by atoms with van der Waals surface area (Å²) in [6.45, 7) is 5.17. The van der Waals surface area contributed by atoms with Crippen molar-refractivity contribution in [3.05, 3.63) is 46.6 Å². The average Bonchev–Trinajstić information content (AvgIpc) is 1.97. The molecule has 0 saturated carbocycles. The number of allylic oxidation sites excluding steroid dienone is 4. The van der Waals surface area contributed by atoms with E-state index in [0.717, 1.165) is 5.57 Å². The first-order valence-electron chi connectivity index (χ1n) is 3.24. The van der Waals surface area contributed by atoms with Gasteiger partial charge in [-0.3, -0.25) is 10.1 Å². The van der Waals surface area contributed by atoms with Crippen molar-refractivity contribution in [2.24, 2.45) is 0 Å². The van der Waals surface area contributed by atoms with Crippen LogP contribution in [0.15, 0.2) is 36.5 Å². The van der Waals surface area contributed by atoms with E-state index in [0.29, 0.717) is 0 Å². The van der Waals surface area contributed by atoms with E-state index in [4.69, 9.17) is 0 Å². The van der Waals surface area contributed by atoms with Crippen LogP contribution in [0.3, 0.4) is 0 Å². The number of nitro groups is 1. The van der Waals surface area contributed by atoms with E-state index in [9.17, 15) is 10.1 Å². The SMILES string of the molecule is C=C/C=C\C(C)=C/C[N+](=O)[O-]. The van der Waals surface area contributed by atoms with Crippen molar-refractivity contribution < 1.29 is 4.92 Å². The Hall–Kier alpha value is -1.38. The molecule has 0 saturated heterocycles. The van der Waals surface area contributed by atoms with Crippen LogP contribution in [0.1, 0.15) is 6.92 Å². The highest BCUT2D eigenvalue weighted by Gasteiger charge is 1.89. The first kappa shape index (κ1) is 9.62. The van der Waals surface area contributed by atoms with Gasteiger partial charge in [0.1, 0.15) is 0 Å². The number of hydrogen-bond donors (Lipinski definition) is 0. The Labute approximate surface area is 65.9 Å². The summed E-state index contributed by atoms with van der Waals surface area (Å²) in [6.07, 6.45) is 6.70. The molecule has 3 heteroatoms. The molecule has 0 spiro atoms. The van der Waals surface area contributed by atoms with Crippen LogP contribution in [0.2, 0.25) is 0 Å². The van der Waals surface area contributed by atoms with Gasteiger partial charge in [-0.05, 0) is 18.6 Å². The predicted octanol–water partition coefficient (Wildman–Crippen LogP) is 1.95. The molecule has 0 bridgehead atoms. The molecule has 0 aromatic heterocycles. The number of rotatable bonds is 4. The van der Waals surface area contributed by atoms with Gasteiger partial charge in [0, 0.05) is 4.92 Å². The van der Waals surface area contributed by atoms with Crippen molar-refractivity contribution in [1.29, 1.82) is 0 Å². The summed E-state index contributed by atoms with van der Waals surface area (Å²) in [5.74, 6) is 0. The molecule has 0 rings (SSSR count). The standard InChI is InChI=1S/C8H11NO2/c1-3-4-5-8(2)6-7-9(10)11/h3-6H,1,7H2,2H3/b5-4-,8-6-. The van der Waals surface area contributed by atoms with Crippen molar-refractivity contribution in [2.75, 3.05) is 6.54 Å². The molecule has 0 amide bonds. The van der Waals surface area contributed by atoms with Crippen molar-refractivity contribution in [2.45, 2.75) is 6.92 Å². The van der Waals surface area contributed by atoms with Crippen LogP contribution < -0.4 is 0 Å². The maximum Gasteiger partial charge on any atom is 0.222 e. The third kappa shape index (κ3) is 6.51. The lowest BCUT2D eigenvalue weighted by molar-refractivity contribution is -0.468. The third-order valence-corrected chi connectivity index (χ3v) is 1.06. The molecule has 0 N–H and O–H groups in total. The van der Waals surface area contributed by atoms with E-state index in [-0.39, 0.29) is 11.5 Å². The molecule has 0 aromatic carbocycles. The highest BCUT2D eigenvalue weighted by Crippen LogP contribution is 1.94. The van der Waals surface area contributed by atoms with Crippen LogP contribution >= 0.6 is 0 Å². The van der Waals surface area contributed by atoms with Gasteiger partial charge in [-0.25, -0.2) is 0 Å². The molecule has 3 nitrogen and oxygen atoms in total. The monoisotopic (exact) mass is 153 g/mol. The van der Waals surface area contributed by atoms with Crippen molar-refractivity contribution in [1.82, 2.24) is 0 Å². The second-order valence-electron chi connectivity index (χ2n) is 2.06. The van der Waals surface area contributed by atoms with Crippen molar-refractivity contribution >= 4 is 0 Å². The quantitative estimate of drug-likeness (QED) is 0.352. The lowest BCUT2D eigenvalue weighted by Crippen LogP contribution is -1.96. The Kier molecular flexibility index (Phi) is 4.73. The van der Waals surface area contributed by atoms with E-state index < -0.39 is 0 Å². The van der Waals surface area contributed by atoms with Crippen LogP contribution in [0.25, 0.3) is 0 Å². The first-order chi connectivity index (χ1) is 5.16. The molecule has 60 valence electrons. The molecule has 0 fully saturated rings. The van der Waals surface area contributed by atoms with Crippen LogP contribution in [0.5, 0.6) is 0 Å². The number of hydrogen-bond acceptors (Lipinski definition) is 2. The normalized spacial score (nSPS) is 11.9. The summed E-state index contributed by atoms with van der Waals surface area (Å²) in [6, 6.07) is 0. The van der Waals surface area contributed by atoms with Crippen LogP contribution in [0, 0.1) is 10.1 Å². The Morgan fingerprint density at radius 1 is 1.73 bits per heavy atom. The topological polar surface area (TPSA) is 43.1 Å². The zero-order chi connectivity index (χ0) is 8.69. The van der Waals surface area contributed by atoms with Gasteiger partial charge in [0.2, 0.25) is 6.54 Å². The van der Waals surface area contributed by atoms with Gasteiger partial charge in [0.15, 0.2) is 0 Å². The lowest BCUT2D eigenvalue weighted by Gasteiger charge is -1.87. The molecule has 0 unspecified atom stereocenters. The van der Waals surface area contributed by atoms with Crippen LogP contribution in [-0.2, 0) is 0 Å². The summed E-state index contributed by atoms with van der Waals surface area (Å²) >= 11 is 0. The molecule has 0 heterocycles. The second-order valence-corrected chi connectivity index (χ2v) is 2.06. The molecule has 0 aromatic rings. The lowest BCUT2D eigenvalue weighted by atomic mass is 10.2. The van der Waals surface area contributed by atoms with Crippen LogP contribution in [-0.4, -0.2) is 11.5 Å². The van der Waals surface area contributed by atoms with Crippen LogP contribution in [0.4, 0.5) is 0 Å². The van der Waals surface area contributed by atoms with E-state index >= 15 is 0 Å². The average molecular weight is 153 g/mol. The minimum Gasteiger partial charge on any atom is -0.264 e. The van der Waals surface area contributed by atoms with Gasteiger partial charge in [-0.2, -0.15) is 0 Å². The minimum atomic E-state index is -0.370. The molecule has 11 heavy (non-hydrogen) atoms. The van der Waals surface area contributed by atoms with E-state index in [1.54, 1.807) is 24.3 Å². The van der Waals surface area contributed by atoms with Gasteiger partial charge in [0.25, 0.3) is 0 Å². The Morgan fingerprint density at radius 3 is 2.82 bits per heavy atom. The molecule has 0 aliphatic heterocycles. The maximum absolute atomic E-state index is 9.89. The van der Waals surface area contributed by atoms with Gasteiger partial charge in [-0.15, -0.1) is 0 Å². The summed E-state index contributed by atoms with van der Waals surface area (Å²) in [7, 11) is 0. The summed E-state index contributed by atoms with van der Waals surface area (Å²) in [4.78, 5) is 9.52. The summed E-state index contributed by atoms with van der Waals surface area (Å²) < 4.78 is 0. The molecular formula is C8H11NO2. The van der Waals surface area contributed by atoms with Crippen molar-refractivity contribution in [3.63, 3.8) is 0 Å². The van der Waals surface area contributed by atoms with Gasteiger partial charge >= 0.3 is 0 Å². The van der Waals surface area contributed by atoms with Gasteiger partial charge < -0.3 is 0 Å². The molecule has 0 atom stereocenters. The van der Waals surface area contributed by atoms with Crippen molar-refractivity contribution in [3.8, 4) is 0 Å². The van der Waals surface area contributed by atoms with E-state index in [1.165, 1.54) is 0 Å². The zero-order valence-corrected chi connectivity index (χ0v) is 6.49. The highest BCUT2D eigenvalue weighted by molar-refractivity contribution is 5.18. The van der Waals surface area contributed by atoms with E-state index in [1.807, 2.05) is 6.92 Å². The minimum absolute atomic E-state index is 0.118. The number of nitrogens with zero attached hydrogens (tertiary/aromatic N) is 1.